The van der Waals surface area contributed by atoms with E-state index >= 15 is 0 Å². The smallest absolute Gasteiger partial charge is 0.338 e. The van der Waals surface area contributed by atoms with E-state index in [2.05, 4.69) is 17.4 Å². The van der Waals surface area contributed by atoms with Gasteiger partial charge in [0.2, 0.25) is 11.8 Å². The van der Waals surface area contributed by atoms with Crippen molar-refractivity contribution in [2.24, 2.45) is 23.7 Å². The quantitative estimate of drug-likeness (QED) is 0.195. The van der Waals surface area contributed by atoms with Gasteiger partial charge in [0.15, 0.2) is 6.61 Å². The largest absolute Gasteiger partial charge is 0.457 e. The standard InChI is InChI=1S/C36H30N2O6/c39-31(37-25-13-17-28(18-14-25)44-27-9-5-2-6-10-27)21-43-36(42)23-11-15-26(16-12-23)38-34(40)32-24-19-29(22-7-3-1-4-8-22)30(20-24)33(32)35(38)41/h1-18,24,29-30,32-33H,19-21H2,(H,37,39)/t24-,29-,30+,32+,33-/m0/s1. The normalized spacial score (nSPS) is 23.4. The molecule has 1 N–H and O–H groups in total. The summed E-state index contributed by atoms with van der Waals surface area (Å²) < 4.78 is 10.9. The molecule has 2 saturated carbocycles. The van der Waals surface area contributed by atoms with Gasteiger partial charge in [-0.05, 0) is 96.8 Å². The molecule has 44 heavy (non-hydrogen) atoms. The van der Waals surface area contributed by atoms with E-state index in [4.69, 9.17) is 9.47 Å². The molecule has 4 aromatic rings. The van der Waals surface area contributed by atoms with Crippen LogP contribution < -0.4 is 15.0 Å². The van der Waals surface area contributed by atoms with Crippen LogP contribution in [0.2, 0.25) is 0 Å². The molecule has 3 aliphatic rings. The number of rotatable bonds is 8. The Labute approximate surface area is 254 Å². The molecule has 8 nitrogen and oxygen atoms in total. The molecule has 8 heteroatoms. The zero-order valence-electron chi connectivity index (χ0n) is 23.8. The van der Waals surface area contributed by atoms with Gasteiger partial charge in [0, 0.05) is 5.69 Å². The zero-order chi connectivity index (χ0) is 30.2. The van der Waals surface area contributed by atoms with Crippen molar-refractivity contribution in [1.29, 1.82) is 0 Å². The minimum atomic E-state index is -0.682. The number of amides is 3. The fourth-order valence-corrected chi connectivity index (χ4v) is 7.19. The number of carbonyl (C=O) groups is 4. The van der Waals surface area contributed by atoms with Gasteiger partial charge in [-0.25, -0.2) is 4.79 Å². The Morgan fingerprint density at radius 2 is 1.36 bits per heavy atom. The van der Waals surface area contributed by atoms with E-state index in [1.54, 1.807) is 36.4 Å². The van der Waals surface area contributed by atoms with Gasteiger partial charge in [0.05, 0.1) is 23.1 Å². The summed E-state index contributed by atoms with van der Waals surface area (Å²) in [5.74, 6) is -0.0691. The van der Waals surface area contributed by atoms with Crippen LogP contribution in [0.25, 0.3) is 0 Å². The first kappa shape index (κ1) is 27.6. The average molecular weight is 587 g/mol. The lowest BCUT2D eigenvalue weighted by atomic mass is 9.73. The number of nitrogens with one attached hydrogen (secondary N) is 1. The third kappa shape index (κ3) is 5.13. The van der Waals surface area contributed by atoms with Gasteiger partial charge in [-0.3, -0.25) is 19.3 Å². The van der Waals surface area contributed by atoms with Crippen LogP contribution in [0.15, 0.2) is 109 Å². The summed E-state index contributed by atoms with van der Waals surface area (Å²) >= 11 is 0. The molecule has 3 amide bonds. The van der Waals surface area contributed by atoms with Gasteiger partial charge < -0.3 is 14.8 Å². The number of benzene rings is 4. The second-order valence-electron chi connectivity index (χ2n) is 11.6. The molecule has 5 atom stereocenters. The number of hydrogen-bond acceptors (Lipinski definition) is 6. The molecule has 1 aliphatic heterocycles. The first-order chi connectivity index (χ1) is 21.5. The van der Waals surface area contributed by atoms with E-state index < -0.39 is 18.5 Å². The lowest BCUT2D eigenvalue weighted by molar-refractivity contribution is -0.123. The summed E-state index contributed by atoms with van der Waals surface area (Å²) in [5.41, 5.74) is 2.43. The number of hydrogen-bond donors (Lipinski definition) is 1. The highest BCUT2D eigenvalue weighted by atomic mass is 16.5. The summed E-state index contributed by atoms with van der Waals surface area (Å²) in [4.78, 5) is 53.3. The summed E-state index contributed by atoms with van der Waals surface area (Å²) in [5, 5.41) is 2.69. The van der Waals surface area contributed by atoms with Gasteiger partial charge in [-0.1, -0.05) is 48.5 Å². The summed E-state index contributed by atoms with van der Waals surface area (Å²) in [7, 11) is 0. The molecule has 0 spiro atoms. The minimum Gasteiger partial charge on any atom is -0.457 e. The van der Waals surface area contributed by atoms with Gasteiger partial charge >= 0.3 is 5.97 Å². The number of ether oxygens (including phenoxy) is 2. The van der Waals surface area contributed by atoms with Crippen LogP contribution in [-0.4, -0.2) is 30.3 Å². The van der Waals surface area contributed by atoms with Crippen LogP contribution >= 0.6 is 0 Å². The molecule has 0 aromatic heterocycles. The first-order valence-electron chi connectivity index (χ1n) is 14.8. The highest BCUT2D eigenvalue weighted by Crippen LogP contribution is 2.61. The number of esters is 1. The second-order valence-corrected chi connectivity index (χ2v) is 11.6. The van der Waals surface area contributed by atoms with E-state index in [0.29, 0.717) is 28.8 Å². The van der Waals surface area contributed by atoms with Crippen molar-refractivity contribution in [3.8, 4) is 11.5 Å². The van der Waals surface area contributed by atoms with E-state index in [0.717, 1.165) is 12.8 Å². The van der Waals surface area contributed by atoms with Crippen molar-refractivity contribution >= 4 is 35.1 Å². The molecule has 1 heterocycles. The fourth-order valence-electron chi connectivity index (χ4n) is 7.19. The van der Waals surface area contributed by atoms with Crippen LogP contribution in [0, 0.1) is 23.7 Å². The van der Waals surface area contributed by atoms with Crippen molar-refractivity contribution in [2.75, 3.05) is 16.8 Å². The van der Waals surface area contributed by atoms with Gasteiger partial charge in [0.25, 0.3) is 5.91 Å². The number of fused-ring (bicyclic) bond motifs is 5. The third-order valence-electron chi connectivity index (χ3n) is 9.06. The average Bonchev–Trinajstić information content (AvgIpc) is 3.73. The summed E-state index contributed by atoms with van der Waals surface area (Å²) in [6.07, 6.45) is 1.83. The molecule has 220 valence electrons. The van der Waals surface area contributed by atoms with Crippen LogP contribution in [0.4, 0.5) is 11.4 Å². The van der Waals surface area contributed by atoms with E-state index in [9.17, 15) is 19.2 Å². The van der Waals surface area contributed by atoms with E-state index in [1.165, 1.54) is 22.6 Å². The van der Waals surface area contributed by atoms with Crippen molar-refractivity contribution in [2.45, 2.75) is 18.8 Å². The lowest BCUT2D eigenvalue weighted by Gasteiger charge is -2.28. The van der Waals surface area contributed by atoms with Crippen molar-refractivity contribution in [3.63, 3.8) is 0 Å². The molecule has 2 bridgehead atoms. The minimum absolute atomic E-state index is 0.148. The monoisotopic (exact) mass is 586 g/mol. The van der Waals surface area contributed by atoms with Gasteiger partial charge in [-0.2, -0.15) is 0 Å². The molecular weight excluding hydrogens is 556 g/mol. The summed E-state index contributed by atoms with van der Waals surface area (Å²) in [6, 6.07) is 32.6. The third-order valence-corrected chi connectivity index (χ3v) is 9.06. The Kier molecular flexibility index (Phi) is 7.18. The van der Waals surface area contributed by atoms with Gasteiger partial charge in [-0.15, -0.1) is 0 Å². The maximum Gasteiger partial charge on any atom is 0.338 e. The SMILES string of the molecule is O=C(COC(=O)c1ccc(N2C(=O)[C@@H]3[C@@H]4C[C@@H]([C@@H]3C2=O)[C@H](c2ccccc2)C4)cc1)Nc1ccc(Oc2ccccc2)cc1. The fraction of sp³-hybridized carbons (Fsp3) is 0.222. The Morgan fingerprint density at radius 1 is 0.727 bits per heavy atom. The second kappa shape index (κ2) is 11.4. The van der Waals surface area contributed by atoms with Crippen LogP contribution in [0.3, 0.4) is 0 Å². The molecule has 1 saturated heterocycles. The maximum atomic E-state index is 13.6. The Morgan fingerprint density at radius 3 is 2.07 bits per heavy atom. The molecule has 3 fully saturated rings. The Balaban J connectivity index is 0.937. The van der Waals surface area contributed by atoms with Crippen molar-refractivity contribution < 1.29 is 28.7 Å². The Hall–Kier alpha value is -5.24. The van der Waals surface area contributed by atoms with Crippen molar-refractivity contribution in [1.82, 2.24) is 0 Å². The molecule has 0 radical (unpaired) electrons. The van der Waals surface area contributed by atoms with E-state index in [1.807, 2.05) is 48.5 Å². The van der Waals surface area contributed by atoms with E-state index in [-0.39, 0.29) is 41.0 Å². The topological polar surface area (TPSA) is 102 Å². The lowest BCUT2D eigenvalue weighted by Crippen LogP contribution is -2.33. The molecule has 2 aliphatic carbocycles. The molecule has 7 rings (SSSR count). The molecular formula is C36H30N2O6. The molecule has 4 aromatic carbocycles. The highest BCUT2D eigenvalue weighted by Gasteiger charge is 2.64. The van der Waals surface area contributed by atoms with Crippen LogP contribution in [-0.2, 0) is 19.1 Å². The van der Waals surface area contributed by atoms with Crippen LogP contribution in [0.1, 0.15) is 34.7 Å². The van der Waals surface area contributed by atoms with Gasteiger partial charge in [0.1, 0.15) is 11.5 Å². The Bertz CT molecular complexity index is 1710. The summed E-state index contributed by atoms with van der Waals surface area (Å²) in [6.45, 7) is -0.472. The number of carbonyl (C=O) groups excluding carboxylic acids is 4. The maximum absolute atomic E-state index is 13.6. The highest BCUT2D eigenvalue weighted by molar-refractivity contribution is 6.22. The predicted octanol–water partition coefficient (Wildman–Crippen LogP) is 6.20. The first-order valence-corrected chi connectivity index (χ1v) is 14.8. The molecule has 0 unspecified atom stereocenters. The number of anilines is 2. The number of nitrogens with zero attached hydrogens (tertiary/aromatic N) is 1. The number of para-hydroxylation sites is 1. The van der Waals surface area contributed by atoms with Crippen molar-refractivity contribution in [3.05, 3.63) is 120 Å². The zero-order valence-corrected chi connectivity index (χ0v) is 23.8. The van der Waals surface area contributed by atoms with Crippen LogP contribution in [0.5, 0.6) is 11.5 Å². The number of imide groups is 1. The predicted molar refractivity (Wildman–Crippen MR) is 163 cm³/mol.